The summed E-state index contributed by atoms with van der Waals surface area (Å²) in [6.45, 7) is 0.673. The molecule has 0 saturated heterocycles. The van der Waals surface area contributed by atoms with Crippen molar-refractivity contribution in [3.05, 3.63) is 56.2 Å². The maximum absolute atomic E-state index is 12.3. The van der Waals surface area contributed by atoms with Crippen LogP contribution in [0.1, 0.15) is 30.0 Å². The Kier molecular flexibility index (Phi) is 5.84. The largest absolute Gasteiger partial charge is 0.494 e. The monoisotopic (exact) mass is 387 g/mol. The SMILES string of the molecule is COCCCn1c(O)c(C2=NN[C@@H](c3ccc(N(C)C)cc3)C2)c(=O)[nH]c1=O. The van der Waals surface area contributed by atoms with Crippen LogP contribution in [0.2, 0.25) is 0 Å². The van der Waals surface area contributed by atoms with E-state index in [1.54, 1.807) is 7.11 Å². The quantitative estimate of drug-likeness (QED) is 0.606. The number of aromatic hydroxyl groups is 1. The highest BCUT2D eigenvalue weighted by molar-refractivity contribution is 6.03. The average Bonchev–Trinajstić information content (AvgIpc) is 3.14. The van der Waals surface area contributed by atoms with Gasteiger partial charge in [0.25, 0.3) is 5.56 Å². The lowest BCUT2D eigenvalue weighted by Crippen LogP contribution is -2.34. The molecule has 28 heavy (non-hydrogen) atoms. The first kappa shape index (κ1) is 19.7. The van der Waals surface area contributed by atoms with E-state index >= 15 is 0 Å². The summed E-state index contributed by atoms with van der Waals surface area (Å²) in [5, 5.41) is 14.8. The number of benzene rings is 1. The molecule has 3 rings (SSSR count). The number of aromatic nitrogens is 2. The van der Waals surface area contributed by atoms with Crippen molar-refractivity contribution in [3.63, 3.8) is 0 Å². The molecule has 9 heteroatoms. The average molecular weight is 387 g/mol. The van der Waals surface area contributed by atoms with Gasteiger partial charge in [-0.1, -0.05) is 12.1 Å². The van der Waals surface area contributed by atoms with E-state index in [1.165, 1.54) is 0 Å². The van der Waals surface area contributed by atoms with Crippen molar-refractivity contribution in [2.75, 3.05) is 32.7 Å². The molecule has 1 aromatic carbocycles. The Morgan fingerprint density at radius 2 is 2.00 bits per heavy atom. The molecule has 0 unspecified atom stereocenters. The van der Waals surface area contributed by atoms with E-state index in [2.05, 4.69) is 15.5 Å². The lowest BCUT2D eigenvalue weighted by atomic mass is 10.00. The summed E-state index contributed by atoms with van der Waals surface area (Å²) in [7, 11) is 5.51. The van der Waals surface area contributed by atoms with Gasteiger partial charge in [-0.3, -0.25) is 14.3 Å². The molecule has 0 bridgehead atoms. The third-order valence-corrected chi connectivity index (χ3v) is 4.76. The number of hydrogen-bond donors (Lipinski definition) is 3. The molecule has 1 aromatic heterocycles. The van der Waals surface area contributed by atoms with Gasteiger partial charge in [-0.2, -0.15) is 5.10 Å². The number of rotatable bonds is 7. The summed E-state index contributed by atoms with van der Waals surface area (Å²) in [6, 6.07) is 7.91. The van der Waals surface area contributed by atoms with E-state index in [4.69, 9.17) is 4.74 Å². The molecule has 0 saturated carbocycles. The molecule has 1 aliphatic rings. The van der Waals surface area contributed by atoms with E-state index in [-0.39, 0.29) is 24.0 Å². The minimum absolute atomic E-state index is 0.0249. The number of nitrogens with one attached hydrogen (secondary N) is 2. The highest BCUT2D eigenvalue weighted by Gasteiger charge is 2.27. The van der Waals surface area contributed by atoms with E-state index < -0.39 is 11.2 Å². The van der Waals surface area contributed by atoms with Crippen molar-refractivity contribution < 1.29 is 9.84 Å². The third-order valence-electron chi connectivity index (χ3n) is 4.76. The van der Waals surface area contributed by atoms with Gasteiger partial charge in [-0.15, -0.1) is 0 Å². The van der Waals surface area contributed by atoms with Crippen LogP contribution in [0.3, 0.4) is 0 Å². The topological polar surface area (TPSA) is 112 Å². The van der Waals surface area contributed by atoms with Gasteiger partial charge in [0.05, 0.1) is 11.8 Å². The molecule has 3 N–H and O–H groups in total. The first-order valence-electron chi connectivity index (χ1n) is 9.07. The Bertz CT molecular complexity index is 975. The van der Waals surface area contributed by atoms with Gasteiger partial charge in [-0.05, 0) is 24.1 Å². The van der Waals surface area contributed by atoms with Crippen LogP contribution in [0.25, 0.3) is 0 Å². The molecule has 1 atom stereocenters. The Morgan fingerprint density at radius 3 is 2.64 bits per heavy atom. The smallest absolute Gasteiger partial charge is 0.331 e. The number of nitrogens with zero attached hydrogens (tertiary/aromatic N) is 3. The van der Waals surface area contributed by atoms with Crippen molar-refractivity contribution in [2.24, 2.45) is 5.10 Å². The summed E-state index contributed by atoms with van der Waals surface area (Å²) in [5.74, 6) is -0.367. The normalized spacial score (nSPS) is 16.0. The van der Waals surface area contributed by atoms with Crippen molar-refractivity contribution in [2.45, 2.75) is 25.4 Å². The van der Waals surface area contributed by atoms with E-state index in [1.807, 2.05) is 43.3 Å². The number of aromatic amines is 1. The molecule has 0 radical (unpaired) electrons. The van der Waals surface area contributed by atoms with Gasteiger partial charge in [0, 0.05) is 46.5 Å². The highest BCUT2D eigenvalue weighted by Crippen LogP contribution is 2.27. The van der Waals surface area contributed by atoms with Crippen LogP contribution in [0.4, 0.5) is 5.69 Å². The Hall–Kier alpha value is -3.07. The Labute approximate surface area is 162 Å². The fraction of sp³-hybridized carbons (Fsp3) is 0.421. The maximum Gasteiger partial charge on any atom is 0.331 e. The minimum Gasteiger partial charge on any atom is -0.494 e. The second-order valence-electron chi connectivity index (χ2n) is 6.89. The first-order chi connectivity index (χ1) is 13.4. The fourth-order valence-electron chi connectivity index (χ4n) is 3.19. The van der Waals surface area contributed by atoms with Crippen LogP contribution in [0.5, 0.6) is 5.88 Å². The lowest BCUT2D eigenvalue weighted by molar-refractivity contribution is 0.188. The summed E-state index contributed by atoms with van der Waals surface area (Å²) in [5.41, 5.74) is 4.27. The molecular weight excluding hydrogens is 362 g/mol. The maximum atomic E-state index is 12.3. The van der Waals surface area contributed by atoms with Gasteiger partial charge in [-0.25, -0.2) is 4.79 Å². The molecule has 0 spiro atoms. The zero-order valence-corrected chi connectivity index (χ0v) is 16.2. The molecule has 1 aliphatic heterocycles. The van der Waals surface area contributed by atoms with Gasteiger partial charge in [0.15, 0.2) is 0 Å². The second kappa shape index (κ2) is 8.30. The van der Waals surface area contributed by atoms with Crippen LogP contribution in [0.15, 0.2) is 39.0 Å². The van der Waals surface area contributed by atoms with E-state index in [0.717, 1.165) is 15.8 Å². The zero-order valence-electron chi connectivity index (χ0n) is 16.2. The van der Waals surface area contributed by atoms with Crippen LogP contribution in [-0.4, -0.2) is 48.2 Å². The fourth-order valence-corrected chi connectivity index (χ4v) is 3.19. The van der Waals surface area contributed by atoms with Crippen LogP contribution in [-0.2, 0) is 11.3 Å². The number of hydrazone groups is 1. The van der Waals surface area contributed by atoms with Crippen LogP contribution < -0.4 is 21.6 Å². The van der Waals surface area contributed by atoms with Crippen molar-refractivity contribution in [3.8, 4) is 5.88 Å². The third kappa shape index (κ3) is 3.94. The predicted molar refractivity (Wildman–Crippen MR) is 107 cm³/mol. The molecule has 0 amide bonds. The number of ether oxygens (including phenoxy) is 1. The molecule has 2 heterocycles. The first-order valence-corrected chi connectivity index (χ1v) is 9.07. The lowest BCUT2D eigenvalue weighted by Gasteiger charge is -2.15. The summed E-state index contributed by atoms with van der Waals surface area (Å²) < 4.78 is 6.11. The van der Waals surface area contributed by atoms with Crippen molar-refractivity contribution >= 4 is 11.4 Å². The molecule has 150 valence electrons. The number of anilines is 1. The van der Waals surface area contributed by atoms with E-state index in [9.17, 15) is 14.7 Å². The molecule has 2 aromatic rings. The van der Waals surface area contributed by atoms with Gasteiger partial charge in [0.2, 0.25) is 5.88 Å². The summed E-state index contributed by atoms with van der Waals surface area (Å²) in [4.78, 5) is 28.6. The zero-order chi connectivity index (χ0) is 20.3. The molecule has 0 fully saturated rings. The predicted octanol–water partition coefficient (Wildman–Crippen LogP) is 0.783. The van der Waals surface area contributed by atoms with Crippen LogP contribution in [0, 0.1) is 0 Å². The highest BCUT2D eigenvalue weighted by atomic mass is 16.5. The van der Waals surface area contributed by atoms with Gasteiger partial charge < -0.3 is 20.2 Å². The second-order valence-corrected chi connectivity index (χ2v) is 6.89. The molecule has 9 nitrogen and oxygen atoms in total. The minimum atomic E-state index is -0.648. The van der Waals surface area contributed by atoms with Gasteiger partial charge in [0.1, 0.15) is 5.56 Å². The van der Waals surface area contributed by atoms with Gasteiger partial charge >= 0.3 is 5.69 Å². The van der Waals surface area contributed by atoms with Crippen molar-refractivity contribution in [1.29, 1.82) is 0 Å². The van der Waals surface area contributed by atoms with Crippen molar-refractivity contribution in [1.82, 2.24) is 15.0 Å². The molecular formula is C19H25N5O4. The Balaban J connectivity index is 1.83. The number of methoxy groups -OCH3 is 1. The standard InChI is InChI=1S/C19H25N5O4/c1-23(2)13-7-5-12(6-8-13)14-11-15(22-21-14)16-17(25)20-19(27)24(18(16)26)9-4-10-28-3/h5-8,14,21,26H,4,9-11H2,1-3H3,(H,20,25,27)/t14-/m1/s1. The van der Waals surface area contributed by atoms with Crippen LogP contribution >= 0.6 is 0 Å². The van der Waals surface area contributed by atoms with E-state index in [0.29, 0.717) is 25.2 Å². The summed E-state index contributed by atoms with van der Waals surface area (Å²) >= 11 is 0. The number of hydrogen-bond acceptors (Lipinski definition) is 7. The molecule has 0 aliphatic carbocycles. The summed E-state index contributed by atoms with van der Waals surface area (Å²) in [6.07, 6.45) is 0.954. The number of H-pyrrole nitrogens is 1. The Morgan fingerprint density at radius 1 is 1.29 bits per heavy atom.